The van der Waals surface area contributed by atoms with Gasteiger partial charge in [-0.15, -0.1) is 0 Å². The first-order valence-electron chi connectivity index (χ1n) is 7.20. The van der Waals surface area contributed by atoms with Crippen molar-refractivity contribution >= 4 is 11.6 Å². The molecule has 0 aliphatic rings. The second-order valence-electron chi connectivity index (χ2n) is 5.57. The van der Waals surface area contributed by atoms with Gasteiger partial charge in [-0.1, -0.05) is 38.4 Å². The Bertz CT molecular complexity index is 379. The Balaban J connectivity index is 2.51. The molecule has 1 nitrogen and oxygen atoms in total. The Morgan fingerprint density at radius 2 is 2.05 bits per heavy atom. The normalized spacial score (nSPS) is 12.9. The summed E-state index contributed by atoms with van der Waals surface area (Å²) >= 11 is 5.81. The van der Waals surface area contributed by atoms with Crippen LogP contribution in [0.1, 0.15) is 45.6 Å². The Hall–Kier alpha value is -0.600. The van der Waals surface area contributed by atoms with E-state index >= 15 is 0 Å². The van der Waals surface area contributed by atoms with Crippen LogP contribution >= 0.6 is 11.6 Å². The molecule has 108 valence electrons. The van der Waals surface area contributed by atoms with Crippen molar-refractivity contribution in [3.63, 3.8) is 0 Å². The zero-order valence-corrected chi connectivity index (χ0v) is 12.9. The molecule has 0 radical (unpaired) electrons. The number of rotatable bonds is 8. The average Bonchev–Trinajstić information content (AvgIpc) is 2.36. The van der Waals surface area contributed by atoms with Gasteiger partial charge in [-0.05, 0) is 55.8 Å². The summed E-state index contributed by atoms with van der Waals surface area (Å²) in [7, 11) is 0. The van der Waals surface area contributed by atoms with Gasteiger partial charge in [0.05, 0.1) is 5.02 Å². The van der Waals surface area contributed by atoms with Crippen molar-refractivity contribution in [2.75, 3.05) is 6.54 Å². The summed E-state index contributed by atoms with van der Waals surface area (Å²) in [5.74, 6) is 0.347. The highest BCUT2D eigenvalue weighted by Crippen LogP contribution is 2.18. The SMILES string of the molecule is CCCNC(CCc1ccc(F)c(Cl)c1)CC(C)C. The van der Waals surface area contributed by atoms with Crippen LogP contribution < -0.4 is 5.32 Å². The van der Waals surface area contributed by atoms with Crippen molar-refractivity contribution in [3.8, 4) is 0 Å². The van der Waals surface area contributed by atoms with Gasteiger partial charge in [-0.25, -0.2) is 4.39 Å². The lowest BCUT2D eigenvalue weighted by Gasteiger charge is -2.20. The number of hydrogen-bond acceptors (Lipinski definition) is 1. The molecule has 1 rings (SSSR count). The van der Waals surface area contributed by atoms with E-state index in [9.17, 15) is 4.39 Å². The van der Waals surface area contributed by atoms with Crippen LogP contribution in [-0.4, -0.2) is 12.6 Å². The lowest BCUT2D eigenvalue weighted by molar-refractivity contribution is 0.398. The smallest absolute Gasteiger partial charge is 0.141 e. The zero-order chi connectivity index (χ0) is 14.3. The van der Waals surface area contributed by atoms with E-state index in [-0.39, 0.29) is 10.8 Å². The fraction of sp³-hybridized carbons (Fsp3) is 0.625. The lowest BCUT2D eigenvalue weighted by Crippen LogP contribution is -2.31. The van der Waals surface area contributed by atoms with Crippen molar-refractivity contribution < 1.29 is 4.39 Å². The van der Waals surface area contributed by atoms with Gasteiger partial charge in [0.2, 0.25) is 0 Å². The van der Waals surface area contributed by atoms with Crippen molar-refractivity contribution in [1.82, 2.24) is 5.32 Å². The quantitative estimate of drug-likeness (QED) is 0.722. The second-order valence-corrected chi connectivity index (χ2v) is 5.97. The molecular weight excluding hydrogens is 261 g/mol. The Labute approximate surface area is 121 Å². The van der Waals surface area contributed by atoms with E-state index in [0.29, 0.717) is 12.0 Å². The Morgan fingerprint density at radius 1 is 1.32 bits per heavy atom. The fourth-order valence-corrected chi connectivity index (χ4v) is 2.46. The van der Waals surface area contributed by atoms with Crippen molar-refractivity contribution in [1.29, 1.82) is 0 Å². The molecule has 0 spiro atoms. The van der Waals surface area contributed by atoms with Gasteiger partial charge in [-0.3, -0.25) is 0 Å². The van der Waals surface area contributed by atoms with E-state index < -0.39 is 0 Å². The molecule has 1 aromatic carbocycles. The molecule has 19 heavy (non-hydrogen) atoms. The summed E-state index contributed by atoms with van der Waals surface area (Å²) in [4.78, 5) is 0. The molecule has 0 saturated heterocycles. The molecule has 0 bridgehead atoms. The zero-order valence-electron chi connectivity index (χ0n) is 12.2. The minimum Gasteiger partial charge on any atom is -0.314 e. The van der Waals surface area contributed by atoms with Crippen LogP contribution in [0.5, 0.6) is 0 Å². The van der Waals surface area contributed by atoms with Crippen LogP contribution in [0.15, 0.2) is 18.2 Å². The topological polar surface area (TPSA) is 12.0 Å². The molecule has 0 aromatic heterocycles. The second kappa shape index (κ2) is 8.55. The molecule has 1 unspecified atom stereocenters. The van der Waals surface area contributed by atoms with Gasteiger partial charge in [-0.2, -0.15) is 0 Å². The van der Waals surface area contributed by atoms with Crippen molar-refractivity contribution in [2.45, 2.75) is 52.5 Å². The van der Waals surface area contributed by atoms with Gasteiger partial charge in [0, 0.05) is 6.04 Å². The van der Waals surface area contributed by atoms with E-state index in [1.54, 1.807) is 6.07 Å². The van der Waals surface area contributed by atoms with Crippen molar-refractivity contribution in [2.24, 2.45) is 5.92 Å². The highest BCUT2D eigenvalue weighted by Gasteiger charge is 2.10. The molecule has 0 saturated carbocycles. The molecule has 1 N–H and O–H groups in total. The summed E-state index contributed by atoms with van der Waals surface area (Å²) in [6, 6.07) is 5.55. The summed E-state index contributed by atoms with van der Waals surface area (Å²) in [5.41, 5.74) is 1.11. The average molecular weight is 286 g/mol. The maximum absolute atomic E-state index is 13.1. The monoisotopic (exact) mass is 285 g/mol. The molecule has 3 heteroatoms. The molecular formula is C16H25ClFN. The molecule has 1 aromatic rings. The van der Waals surface area contributed by atoms with Gasteiger partial charge in [0.1, 0.15) is 5.82 Å². The maximum atomic E-state index is 13.1. The predicted molar refractivity (Wildman–Crippen MR) is 81.3 cm³/mol. The third-order valence-corrected chi connectivity index (χ3v) is 3.49. The molecule has 0 aliphatic carbocycles. The molecule has 1 atom stereocenters. The first kappa shape index (κ1) is 16.5. The van der Waals surface area contributed by atoms with E-state index in [0.717, 1.165) is 31.4 Å². The van der Waals surface area contributed by atoms with Crippen LogP contribution in [0.3, 0.4) is 0 Å². The van der Waals surface area contributed by atoms with Crippen molar-refractivity contribution in [3.05, 3.63) is 34.6 Å². The first-order chi connectivity index (χ1) is 9.02. The number of nitrogens with one attached hydrogen (secondary N) is 1. The predicted octanol–water partition coefficient (Wildman–Crippen LogP) is 4.83. The standard InChI is InChI=1S/C16H25ClFN/c1-4-9-19-14(10-12(2)3)7-5-13-6-8-16(18)15(17)11-13/h6,8,11-12,14,19H,4-5,7,9-10H2,1-3H3. The maximum Gasteiger partial charge on any atom is 0.141 e. The van der Waals surface area contributed by atoms with E-state index in [2.05, 4.69) is 26.1 Å². The first-order valence-corrected chi connectivity index (χ1v) is 7.58. The third-order valence-electron chi connectivity index (χ3n) is 3.20. The third kappa shape index (κ3) is 6.40. The van der Waals surface area contributed by atoms with Gasteiger partial charge in [0.25, 0.3) is 0 Å². The van der Waals surface area contributed by atoms with E-state index in [1.165, 1.54) is 12.5 Å². The van der Waals surface area contributed by atoms with Gasteiger partial charge >= 0.3 is 0 Å². The molecule has 0 fully saturated rings. The molecule has 0 aliphatic heterocycles. The minimum absolute atomic E-state index is 0.222. The van der Waals surface area contributed by atoms with Crippen LogP contribution in [-0.2, 0) is 6.42 Å². The fourth-order valence-electron chi connectivity index (χ4n) is 2.26. The number of aryl methyl sites for hydroxylation is 1. The van der Waals surface area contributed by atoms with Crippen LogP contribution in [0, 0.1) is 11.7 Å². The molecule has 0 amide bonds. The lowest BCUT2D eigenvalue weighted by atomic mass is 9.97. The van der Waals surface area contributed by atoms with Gasteiger partial charge in [0.15, 0.2) is 0 Å². The van der Waals surface area contributed by atoms with Crippen LogP contribution in [0.2, 0.25) is 5.02 Å². The summed E-state index contributed by atoms with van der Waals surface area (Å²) in [5, 5.41) is 3.81. The summed E-state index contributed by atoms with van der Waals surface area (Å²) in [6.07, 6.45) is 4.33. The number of hydrogen-bond donors (Lipinski definition) is 1. The van der Waals surface area contributed by atoms with Crippen LogP contribution in [0.25, 0.3) is 0 Å². The Kier molecular flexibility index (Phi) is 7.40. The van der Waals surface area contributed by atoms with Crippen LogP contribution in [0.4, 0.5) is 4.39 Å². The highest BCUT2D eigenvalue weighted by molar-refractivity contribution is 6.30. The highest BCUT2D eigenvalue weighted by atomic mass is 35.5. The van der Waals surface area contributed by atoms with Gasteiger partial charge < -0.3 is 5.32 Å². The Morgan fingerprint density at radius 3 is 2.63 bits per heavy atom. The summed E-state index contributed by atoms with van der Waals surface area (Å²) < 4.78 is 13.1. The number of halogens is 2. The number of benzene rings is 1. The summed E-state index contributed by atoms with van der Waals surface area (Å²) in [6.45, 7) is 7.73. The van der Waals surface area contributed by atoms with E-state index in [4.69, 9.17) is 11.6 Å². The molecule has 0 heterocycles. The minimum atomic E-state index is -0.340. The van der Waals surface area contributed by atoms with E-state index in [1.807, 2.05) is 6.07 Å². The largest absolute Gasteiger partial charge is 0.314 e.